The molecule has 0 N–H and O–H groups in total. The summed E-state index contributed by atoms with van der Waals surface area (Å²) in [6.07, 6.45) is 9.86. The predicted octanol–water partition coefficient (Wildman–Crippen LogP) is 4.40. The molecule has 1 aliphatic carbocycles. The third kappa shape index (κ3) is 3.03. The van der Waals surface area contributed by atoms with Gasteiger partial charge < -0.3 is 4.74 Å². The molecule has 0 radical (unpaired) electrons. The first kappa shape index (κ1) is 14.4. The standard InChI is InChI=1S/C18H13ClN2O/c19-18-12-21-11-17(16(18)10-20)13-6-8-15(9-7-13)22-14-4-2-1-3-5-14/h1-8,11-12,15H,9H2. The van der Waals surface area contributed by atoms with Crippen molar-refractivity contribution in [3.8, 4) is 11.8 Å². The van der Waals surface area contributed by atoms with Gasteiger partial charge in [-0.25, -0.2) is 0 Å². The fraction of sp³-hybridized carbons (Fsp3) is 0.111. The highest BCUT2D eigenvalue weighted by molar-refractivity contribution is 6.31. The molecule has 4 heteroatoms. The van der Waals surface area contributed by atoms with Gasteiger partial charge in [0.25, 0.3) is 0 Å². The lowest BCUT2D eigenvalue weighted by Crippen LogP contribution is -2.14. The Morgan fingerprint density at radius 2 is 2.05 bits per heavy atom. The number of rotatable bonds is 3. The first-order valence-corrected chi connectivity index (χ1v) is 7.30. The Morgan fingerprint density at radius 3 is 2.73 bits per heavy atom. The second kappa shape index (κ2) is 6.46. The van der Waals surface area contributed by atoms with Crippen molar-refractivity contribution >= 4 is 17.2 Å². The van der Waals surface area contributed by atoms with Gasteiger partial charge in [-0.2, -0.15) is 5.26 Å². The van der Waals surface area contributed by atoms with Crippen molar-refractivity contribution in [1.29, 1.82) is 5.26 Å². The van der Waals surface area contributed by atoms with Gasteiger partial charge in [0.15, 0.2) is 0 Å². The zero-order chi connectivity index (χ0) is 15.4. The molecule has 22 heavy (non-hydrogen) atoms. The lowest BCUT2D eigenvalue weighted by atomic mass is 9.96. The topological polar surface area (TPSA) is 45.9 Å². The normalized spacial score (nSPS) is 16.7. The zero-order valence-electron chi connectivity index (χ0n) is 11.7. The van der Waals surface area contributed by atoms with Crippen molar-refractivity contribution in [3.63, 3.8) is 0 Å². The van der Waals surface area contributed by atoms with Crippen molar-refractivity contribution in [1.82, 2.24) is 4.98 Å². The Balaban J connectivity index is 1.77. The van der Waals surface area contributed by atoms with Crippen LogP contribution in [0, 0.1) is 11.3 Å². The highest BCUT2D eigenvalue weighted by Gasteiger charge is 2.15. The number of para-hydroxylation sites is 1. The van der Waals surface area contributed by atoms with E-state index in [-0.39, 0.29) is 6.10 Å². The van der Waals surface area contributed by atoms with Gasteiger partial charge in [-0.3, -0.25) is 4.98 Å². The van der Waals surface area contributed by atoms with E-state index in [0.717, 1.165) is 23.3 Å². The van der Waals surface area contributed by atoms with E-state index in [1.807, 2.05) is 48.6 Å². The fourth-order valence-electron chi connectivity index (χ4n) is 2.33. The van der Waals surface area contributed by atoms with Gasteiger partial charge in [0.05, 0.1) is 10.6 Å². The second-order valence-electron chi connectivity index (χ2n) is 4.88. The van der Waals surface area contributed by atoms with Crippen molar-refractivity contribution in [2.75, 3.05) is 0 Å². The minimum absolute atomic E-state index is 0.0103. The molecule has 3 nitrogen and oxygen atoms in total. The zero-order valence-corrected chi connectivity index (χ0v) is 12.5. The number of hydrogen-bond acceptors (Lipinski definition) is 3. The third-order valence-corrected chi connectivity index (χ3v) is 3.70. The van der Waals surface area contributed by atoms with Gasteiger partial charge in [-0.1, -0.05) is 42.0 Å². The summed E-state index contributed by atoms with van der Waals surface area (Å²) < 4.78 is 5.88. The maximum atomic E-state index is 9.24. The molecule has 0 fully saturated rings. The Hall–Kier alpha value is -2.57. The number of allylic oxidation sites excluding steroid dienone is 2. The highest BCUT2D eigenvalue weighted by Crippen LogP contribution is 2.28. The van der Waals surface area contributed by atoms with Gasteiger partial charge in [0.1, 0.15) is 17.9 Å². The number of halogens is 1. The summed E-state index contributed by atoms with van der Waals surface area (Å²) in [5.41, 5.74) is 2.15. The molecular weight excluding hydrogens is 296 g/mol. The van der Waals surface area contributed by atoms with Crippen molar-refractivity contribution in [2.45, 2.75) is 12.5 Å². The average Bonchev–Trinajstić information content (AvgIpc) is 2.56. The molecule has 108 valence electrons. The number of ether oxygens (including phenoxy) is 1. The van der Waals surface area contributed by atoms with Crippen LogP contribution in [0.2, 0.25) is 5.02 Å². The molecule has 0 aliphatic heterocycles. The van der Waals surface area contributed by atoms with E-state index in [1.165, 1.54) is 6.20 Å². The van der Waals surface area contributed by atoms with Crippen molar-refractivity contribution in [3.05, 3.63) is 77.1 Å². The lowest BCUT2D eigenvalue weighted by molar-refractivity contribution is 0.252. The van der Waals surface area contributed by atoms with E-state index in [1.54, 1.807) is 6.20 Å². The smallest absolute Gasteiger partial charge is 0.121 e. The molecular formula is C18H13ClN2O. The molecule has 0 spiro atoms. The summed E-state index contributed by atoms with van der Waals surface area (Å²) in [6, 6.07) is 11.8. The molecule has 1 aromatic carbocycles. The van der Waals surface area contributed by atoms with E-state index in [2.05, 4.69) is 11.1 Å². The van der Waals surface area contributed by atoms with Crippen LogP contribution in [0.25, 0.3) is 5.57 Å². The molecule has 0 saturated carbocycles. The van der Waals surface area contributed by atoms with Crippen LogP contribution in [0.5, 0.6) is 5.75 Å². The number of benzene rings is 1. The molecule has 1 heterocycles. The Morgan fingerprint density at radius 1 is 1.23 bits per heavy atom. The van der Waals surface area contributed by atoms with E-state index < -0.39 is 0 Å². The summed E-state index contributed by atoms with van der Waals surface area (Å²) in [4.78, 5) is 4.07. The summed E-state index contributed by atoms with van der Waals surface area (Å²) in [5.74, 6) is 0.844. The Bertz CT molecular complexity index is 775. The fourth-order valence-corrected chi connectivity index (χ4v) is 2.53. The van der Waals surface area contributed by atoms with Crippen LogP contribution < -0.4 is 4.74 Å². The second-order valence-corrected chi connectivity index (χ2v) is 5.29. The summed E-state index contributed by atoms with van der Waals surface area (Å²) in [7, 11) is 0. The molecule has 0 saturated heterocycles. The third-order valence-electron chi connectivity index (χ3n) is 3.41. The van der Waals surface area contributed by atoms with Crippen molar-refractivity contribution < 1.29 is 4.74 Å². The molecule has 1 aromatic heterocycles. The largest absolute Gasteiger partial charge is 0.486 e. The summed E-state index contributed by atoms with van der Waals surface area (Å²) in [5, 5.41) is 9.61. The van der Waals surface area contributed by atoms with Gasteiger partial charge in [-0.15, -0.1) is 0 Å². The summed E-state index contributed by atoms with van der Waals surface area (Å²) in [6.45, 7) is 0. The van der Waals surface area contributed by atoms with Gasteiger partial charge in [0, 0.05) is 24.4 Å². The van der Waals surface area contributed by atoms with Crippen LogP contribution in [0.15, 0.2) is 61.0 Å². The Labute approximate surface area is 134 Å². The maximum Gasteiger partial charge on any atom is 0.121 e. The number of nitriles is 1. The van der Waals surface area contributed by atoms with Crippen LogP contribution in [0.4, 0.5) is 0 Å². The van der Waals surface area contributed by atoms with E-state index >= 15 is 0 Å². The van der Waals surface area contributed by atoms with Gasteiger partial charge in [0.2, 0.25) is 0 Å². The highest BCUT2D eigenvalue weighted by atomic mass is 35.5. The number of nitrogens with zero attached hydrogens (tertiary/aromatic N) is 2. The van der Waals surface area contributed by atoms with Gasteiger partial charge in [-0.05, 0) is 23.8 Å². The Kier molecular flexibility index (Phi) is 4.22. The maximum absolute atomic E-state index is 9.24. The SMILES string of the molecule is N#Cc1c(Cl)cncc1C1=CCC(Oc2ccccc2)C=C1. The summed E-state index contributed by atoms with van der Waals surface area (Å²) >= 11 is 6.02. The minimum Gasteiger partial charge on any atom is -0.486 e. The van der Waals surface area contributed by atoms with Gasteiger partial charge >= 0.3 is 0 Å². The molecule has 1 aliphatic rings. The molecule has 0 bridgehead atoms. The van der Waals surface area contributed by atoms with Crippen LogP contribution in [0.3, 0.4) is 0 Å². The molecule has 1 atom stereocenters. The average molecular weight is 309 g/mol. The lowest BCUT2D eigenvalue weighted by Gasteiger charge is -2.18. The number of aromatic nitrogens is 1. The molecule has 1 unspecified atom stereocenters. The van der Waals surface area contributed by atoms with E-state index in [0.29, 0.717) is 10.6 Å². The van der Waals surface area contributed by atoms with Crippen LogP contribution in [0.1, 0.15) is 17.5 Å². The molecule has 2 aromatic rings. The first-order chi connectivity index (χ1) is 10.8. The van der Waals surface area contributed by atoms with Crippen molar-refractivity contribution in [2.24, 2.45) is 0 Å². The van der Waals surface area contributed by atoms with Crippen LogP contribution in [-0.2, 0) is 0 Å². The predicted molar refractivity (Wildman–Crippen MR) is 86.6 cm³/mol. The minimum atomic E-state index is -0.0103. The van der Waals surface area contributed by atoms with Crippen LogP contribution in [-0.4, -0.2) is 11.1 Å². The van der Waals surface area contributed by atoms with Crippen LogP contribution >= 0.6 is 11.6 Å². The number of hydrogen-bond donors (Lipinski definition) is 0. The monoisotopic (exact) mass is 308 g/mol. The molecule has 3 rings (SSSR count). The quantitative estimate of drug-likeness (QED) is 0.844. The van der Waals surface area contributed by atoms with E-state index in [4.69, 9.17) is 16.3 Å². The van der Waals surface area contributed by atoms with E-state index in [9.17, 15) is 5.26 Å². The molecule has 0 amide bonds. The first-order valence-electron chi connectivity index (χ1n) is 6.92. The number of pyridine rings is 1.